The highest BCUT2D eigenvalue weighted by Gasteiger charge is 2.34. The van der Waals surface area contributed by atoms with E-state index in [2.05, 4.69) is 34.5 Å². The number of carbonyl (C=O) groups excluding carboxylic acids is 1. The molecule has 0 bridgehead atoms. The fraction of sp³-hybridized carbons (Fsp3) is 0.231. The summed E-state index contributed by atoms with van der Waals surface area (Å²) in [5, 5.41) is 2.67. The quantitative estimate of drug-likeness (QED) is 0.415. The van der Waals surface area contributed by atoms with E-state index >= 15 is 0 Å². The number of halogens is 1. The Kier molecular flexibility index (Phi) is 5.46. The molecule has 1 atom stereocenters. The molecule has 0 spiro atoms. The first-order chi connectivity index (χ1) is 16.0. The van der Waals surface area contributed by atoms with Gasteiger partial charge in [-0.05, 0) is 60.4 Å². The molecule has 168 valence electrons. The second-order valence-electron chi connectivity index (χ2n) is 8.44. The van der Waals surface area contributed by atoms with Crippen LogP contribution in [0.25, 0.3) is 22.2 Å². The molecule has 2 heterocycles. The van der Waals surface area contributed by atoms with Crippen molar-refractivity contribution in [3.8, 4) is 11.1 Å². The van der Waals surface area contributed by atoms with Gasteiger partial charge in [-0.2, -0.15) is 0 Å². The molecule has 1 aliphatic heterocycles. The topological polar surface area (TPSA) is 61.6 Å². The van der Waals surface area contributed by atoms with E-state index in [1.54, 1.807) is 23.1 Å². The van der Waals surface area contributed by atoms with Crippen LogP contribution in [-0.2, 0) is 0 Å². The number of rotatable bonds is 4. The van der Waals surface area contributed by atoms with Gasteiger partial charge in [0.1, 0.15) is 17.4 Å². The third-order valence-corrected chi connectivity index (χ3v) is 6.04. The largest absolute Gasteiger partial charge is 0.438 e. The first-order valence-corrected chi connectivity index (χ1v) is 11.0. The monoisotopic (exact) mass is 444 g/mol. The van der Waals surface area contributed by atoms with E-state index in [1.807, 2.05) is 32.3 Å². The molecular weight excluding hydrogens is 419 g/mol. The molecule has 0 aliphatic carbocycles. The molecule has 7 heteroatoms. The number of urea groups is 1. The lowest BCUT2D eigenvalue weighted by molar-refractivity contribution is 0.198. The minimum atomic E-state index is -0.463. The molecule has 0 radical (unpaired) electrons. The number of para-hydroxylation sites is 1. The summed E-state index contributed by atoms with van der Waals surface area (Å²) in [5.41, 5.74) is 4.88. The zero-order valence-electron chi connectivity index (χ0n) is 18.6. The predicted molar refractivity (Wildman–Crippen MR) is 128 cm³/mol. The summed E-state index contributed by atoms with van der Waals surface area (Å²) in [5.74, 6) is 0.0425. The summed E-state index contributed by atoms with van der Waals surface area (Å²) in [6, 6.07) is 19.8. The molecular formula is C26H25FN4O2. The first kappa shape index (κ1) is 21.0. The number of benzene rings is 3. The number of hydrogen-bond acceptors (Lipinski definition) is 4. The SMILES string of the molecule is CN(C)c1ccc(-c2ccc3oc(C4CCCN4C(=O)Nc4ccccc4F)nc3c2)cc1. The molecule has 1 saturated heterocycles. The van der Waals surface area contributed by atoms with Gasteiger partial charge in [0.25, 0.3) is 0 Å². The number of fused-ring (bicyclic) bond motifs is 1. The van der Waals surface area contributed by atoms with Crippen LogP contribution in [0.3, 0.4) is 0 Å². The van der Waals surface area contributed by atoms with Crippen molar-refractivity contribution < 1.29 is 13.6 Å². The van der Waals surface area contributed by atoms with Crippen LogP contribution in [0.1, 0.15) is 24.8 Å². The summed E-state index contributed by atoms with van der Waals surface area (Å²) in [7, 11) is 4.03. The smallest absolute Gasteiger partial charge is 0.322 e. The third kappa shape index (κ3) is 4.14. The summed E-state index contributed by atoms with van der Waals surface area (Å²) in [6.07, 6.45) is 1.58. The second-order valence-corrected chi connectivity index (χ2v) is 8.44. The number of hydrogen-bond donors (Lipinski definition) is 1. The van der Waals surface area contributed by atoms with E-state index in [9.17, 15) is 9.18 Å². The van der Waals surface area contributed by atoms with Gasteiger partial charge >= 0.3 is 6.03 Å². The van der Waals surface area contributed by atoms with Gasteiger partial charge in [-0.3, -0.25) is 0 Å². The van der Waals surface area contributed by atoms with Crippen molar-refractivity contribution in [3.05, 3.63) is 78.4 Å². The van der Waals surface area contributed by atoms with Gasteiger partial charge in [0.2, 0.25) is 5.89 Å². The Bertz CT molecular complexity index is 1300. The highest BCUT2D eigenvalue weighted by Crippen LogP contribution is 2.35. The van der Waals surface area contributed by atoms with Crippen LogP contribution >= 0.6 is 0 Å². The number of nitrogens with zero attached hydrogens (tertiary/aromatic N) is 3. The number of oxazole rings is 1. The standard InChI is InChI=1S/C26H25FN4O2/c1-30(2)19-12-9-17(10-13-19)18-11-14-24-22(16-18)28-25(33-24)23-8-5-15-31(23)26(32)29-21-7-4-3-6-20(21)27/h3-4,6-7,9-14,16,23H,5,8,15H2,1-2H3,(H,29,32). The summed E-state index contributed by atoms with van der Waals surface area (Å²) in [4.78, 5) is 21.3. The maximum atomic E-state index is 14.0. The van der Waals surface area contributed by atoms with E-state index < -0.39 is 5.82 Å². The molecule has 33 heavy (non-hydrogen) atoms. The van der Waals surface area contributed by atoms with Gasteiger partial charge < -0.3 is 19.5 Å². The van der Waals surface area contributed by atoms with Crippen molar-refractivity contribution in [2.45, 2.75) is 18.9 Å². The maximum Gasteiger partial charge on any atom is 0.322 e. The Hall–Kier alpha value is -3.87. The molecule has 1 N–H and O–H groups in total. The molecule has 3 aromatic carbocycles. The normalized spacial score (nSPS) is 15.7. The van der Waals surface area contributed by atoms with Crippen molar-refractivity contribution in [1.29, 1.82) is 0 Å². The van der Waals surface area contributed by atoms with E-state index in [0.717, 1.165) is 35.2 Å². The Morgan fingerprint density at radius 1 is 1.09 bits per heavy atom. The fourth-order valence-corrected chi connectivity index (χ4v) is 4.24. The zero-order chi connectivity index (χ0) is 22.9. The number of likely N-dealkylation sites (tertiary alicyclic amines) is 1. The van der Waals surface area contributed by atoms with E-state index in [0.29, 0.717) is 18.0 Å². The van der Waals surface area contributed by atoms with Crippen LogP contribution in [0.2, 0.25) is 0 Å². The lowest BCUT2D eigenvalue weighted by Gasteiger charge is -2.22. The van der Waals surface area contributed by atoms with Gasteiger partial charge in [-0.25, -0.2) is 14.2 Å². The van der Waals surface area contributed by atoms with Gasteiger partial charge in [-0.15, -0.1) is 0 Å². The molecule has 5 rings (SSSR count). The Labute approximate surface area is 191 Å². The predicted octanol–water partition coefficient (Wildman–Crippen LogP) is 6.07. The Morgan fingerprint density at radius 2 is 1.85 bits per heavy atom. The zero-order valence-corrected chi connectivity index (χ0v) is 18.6. The Balaban J connectivity index is 1.39. The third-order valence-electron chi connectivity index (χ3n) is 6.04. The summed E-state index contributed by atoms with van der Waals surface area (Å²) in [6.45, 7) is 0.563. The molecule has 4 aromatic rings. The van der Waals surface area contributed by atoms with Crippen molar-refractivity contribution in [1.82, 2.24) is 9.88 Å². The molecule has 1 aliphatic rings. The number of amides is 2. The molecule has 0 saturated carbocycles. The van der Waals surface area contributed by atoms with Crippen molar-refractivity contribution >= 4 is 28.5 Å². The van der Waals surface area contributed by atoms with E-state index in [-0.39, 0.29) is 17.8 Å². The highest BCUT2D eigenvalue weighted by molar-refractivity contribution is 5.90. The molecule has 1 unspecified atom stereocenters. The Morgan fingerprint density at radius 3 is 2.61 bits per heavy atom. The molecule has 1 aromatic heterocycles. The average molecular weight is 445 g/mol. The van der Waals surface area contributed by atoms with Gasteiger partial charge in [0.15, 0.2) is 5.58 Å². The van der Waals surface area contributed by atoms with Gasteiger partial charge in [0.05, 0.1) is 5.69 Å². The van der Waals surface area contributed by atoms with Crippen molar-refractivity contribution in [2.24, 2.45) is 0 Å². The van der Waals surface area contributed by atoms with Crippen LogP contribution in [0.15, 0.2) is 71.1 Å². The summed E-state index contributed by atoms with van der Waals surface area (Å²) >= 11 is 0. The molecule has 1 fully saturated rings. The van der Waals surface area contributed by atoms with E-state index in [1.165, 1.54) is 6.07 Å². The maximum absolute atomic E-state index is 14.0. The van der Waals surface area contributed by atoms with Gasteiger partial charge in [0, 0.05) is 26.3 Å². The first-order valence-electron chi connectivity index (χ1n) is 11.0. The summed E-state index contributed by atoms with van der Waals surface area (Å²) < 4.78 is 20.0. The number of aromatic nitrogens is 1. The van der Waals surface area contributed by atoms with Crippen LogP contribution in [0, 0.1) is 5.82 Å². The highest BCUT2D eigenvalue weighted by atomic mass is 19.1. The molecule has 2 amide bonds. The van der Waals surface area contributed by atoms with E-state index in [4.69, 9.17) is 9.40 Å². The lowest BCUT2D eigenvalue weighted by Crippen LogP contribution is -2.34. The minimum Gasteiger partial charge on any atom is -0.438 e. The van der Waals surface area contributed by atoms with Crippen LogP contribution in [0.5, 0.6) is 0 Å². The van der Waals surface area contributed by atoms with Crippen LogP contribution in [-0.4, -0.2) is 36.6 Å². The average Bonchev–Trinajstić information content (AvgIpc) is 3.47. The molecule has 6 nitrogen and oxygen atoms in total. The second kappa shape index (κ2) is 8.58. The van der Waals surface area contributed by atoms with Crippen LogP contribution in [0.4, 0.5) is 20.6 Å². The fourth-order valence-electron chi connectivity index (χ4n) is 4.24. The number of nitrogens with one attached hydrogen (secondary N) is 1. The van der Waals surface area contributed by atoms with Crippen molar-refractivity contribution in [3.63, 3.8) is 0 Å². The number of carbonyl (C=O) groups is 1. The lowest BCUT2D eigenvalue weighted by atomic mass is 10.0. The minimum absolute atomic E-state index is 0.163. The van der Waals surface area contributed by atoms with Gasteiger partial charge in [-0.1, -0.05) is 30.3 Å². The van der Waals surface area contributed by atoms with Crippen molar-refractivity contribution in [2.75, 3.05) is 30.9 Å². The van der Waals surface area contributed by atoms with Crippen LogP contribution < -0.4 is 10.2 Å². The number of anilines is 2.